The van der Waals surface area contributed by atoms with Gasteiger partial charge in [-0.25, -0.2) is 9.97 Å². The number of benzene rings is 10. The molecule has 2 aliphatic rings. The monoisotopic (exact) mass is 1280 g/mol. The van der Waals surface area contributed by atoms with Crippen LogP contribution in [-0.4, -0.2) is 16.7 Å². The van der Waals surface area contributed by atoms with Crippen molar-refractivity contribution in [1.29, 1.82) is 0 Å². The van der Waals surface area contributed by atoms with Gasteiger partial charge in [0.25, 0.3) is 6.71 Å². The number of para-hydroxylation sites is 4. The molecule has 96 heavy (non-hydrogen) atoms. The standard InChI is InChI=1S/C43H40BN3O.C43H42ClN3O/c1-42(2,3)29-19-23-32(24-20-29)46(33-25-21-30(22-26-33)43(4,5)6)39-28-27-35-41(45-39)47(31-13-8-7-9-14-31)36-16-12-18-38-40(36)44(35)34-15-10-11-17-37(34)48-38;1-42(2,3)31-23-27-34(28-24-31)46(35-29-25-32(26-30-35)43(4,5)6)39-21-14-22-40(45-39)47(33-15-9-7-10-16-33)37-19-13-20-38(41(37)44)48-36-17-11-8-12-18-36/h7-28H,1-6H3;7-30H,1-6H3. The molecule has 0 atom stereocenters. The van der Waals surface area contributed by atoms with Gasteiger partial charge >= 0.3 is 0 Å². The lowest BCUT2D eigenvalue weighted by molar-refractivity contribution is 0.483. The Morgan fingerprint density at radius 2 is 0.781 bits per heavy atom. The number of fused-ring (bicyclic) bond motifs is 4. The SMILES string of the molecule is CC(C)(C)c1ccc(N(c2ccc(C(C)(C)C)cc2)c2ccc3c(n2)N(c2ccccc2)c2cccc4c2B3c2ccccc2O4)cc1.CC(C)(C)c1ccc(N(c2ccc(C(C)(C)C)cc2)c2cccc(N(c3ccccc3)c3cccc(Oc4ccccc4)c3Cl)n2)cc1. The summed E-state index contributed by atoms with van der Waals surface area (Å²) in [5, 5.41) is 0.491. The van der Waals surface area contributed by atoms with Crippen LogP contribution in [-0.2, 0) is 21.7 Å². The maximum absolute atomic E-state index is 7.15. The highest BCUT2D eigenvalue weighted by molar-refractivity contribution is 6.99. The minimum atomic E-state index is 0.00301. The smallest absolute Gasteiger partial charge is 0.258 e. The summed E-state index contributed by atoms with van der Waals surface area (Å²) in [6.07, 6.45) is 0. The van der Waals surface area contributed by atoms with Crippen molar-refractivity contribution in [2.24, 2.45) is 0 Å². The van der Waals surface area contributed by atoms with Crippen molar-refractivity contribution in [2.75, 3.05) is 19.6 Å². The van der Waals surface area contributed by atoms with Crippen LogP contribution in [0.2, 0.25) is 5.02 Å². The second-order valence-electron chi connectivity index (χ2n) is 28.9. The topological polar surface area (TPSA) is 57.2 Å². The van der Waals surface area contributed by atoms with Crippen LogP contribution in [0.1, 0.15) is 105 Å². The highest BCUT2D eigenvalue weighted by Crippen LogP contribution is 2.47. The van der Waals surface area contributed by atoms with Crippen molar-refractivity contribution in [1.82, 2.24) is 9.97 Å². The molecule has 478 valence electrons. The van der Waals surface area contributed by atoms with Crippen LogP contribution >= 0.6 is 11.6 Å². The number of nitrogens with zero attached hydrogens (tertiary/aromatic N) is 6. The highest BCUT2D eigenvalue weighted by Gasteiger charge is 2.43. The fourth-order valence-corrected chi connectivity index (χ4v) is 13.0. The summed E-state index contributed by atoms with van der Waals surface area (Å²) in [6.45, 7) is 27.0. The predicted octanol–water partition coefficient (Wildman–Crippen LogP) is 22.6. The normalized spacial score (nSPS) is 12.5. The van der Waals surface area contributed by atoms with E-state index in [4.69, 9.17) is 31.0 Å². The Morgan fingerprint density at radius 3 is 1.29 bits per heavy atom. The van der Waals surface area contributed by atoms with Crippen molar-refractivity contribution < 1.29 is 9.47 Å². The van der Waals surface area contributed by atoms with E-state index < -0.39 is 0 Å². The summed E-state index contributed by atoms with van der Waals surface area (Å²) in [7, 11) is 0. The summed E-state index contributed by atoms with van der Waals surface area (Å²) >= 11 is 7.15. The molecule has 0 fully saturated rings. The van der Waals surface area contributed by atoms with Gasteiger partial charge in [-0.1, -0.05) is 240 Å². The van der Waals surface area contributed by atoms with E-state index in [-0.39, 0.29) is 28.4 Å². The van der Waals surface area contributed by atoms with Crippen molar-refractivity contribution in [2.45, 2.75) is 105 Å². The Kier molecular flexibility index (Phi) is 17.5. The Hall–Kier alpha value is -10.3. The van der Waals surface area contributed by atoms with Crippen LogP contribution in [0.25, 0.3) is 0 Å². The quantitative estimate of drug-likeness (QED) is 0.112. The molecule has 2 aromatic heterocycles. The zero-order chi connectivity index (χ0) is 67.1. The molecule has 10 aromatic carbocycles. The number of anilines is 12. The van der Waals surface area contributed by atoms with Crippen LogP contribution in [0.5, 0.6) is 23.0 Å². The molecule has 4 heterocycles. The van der Waals surface area contributed by atoms with Gasteiger partial charge in [-0.05, 0) is 194 Å². The third-order valence-corrected chi connectivity index (χ3v) is 18.4. The zero-order valence-corrected chi connectivity index (χ0v) is 57.8. The fourth-order valence-electron chi connectivity index (χ4n) is 12.7. The third-order valence-electron chi connectivity index (χ3n) is 18.0. The van der Waals surface area contributed by atoms with Gasteiger partial charge < -0.3 is 9.47 Å². The Bertz CT molecular complexity index is 4580. The number of ether oxygens (including phenoxy) is 2. The molecular formula is C86H82BClN6O2. The molecule has 0 bridgehead atoms. The maximum Gasteiger partial charge on any atom is 0.258 e. The predicted molar refractivity (Wildman–Crippen MR) is 405 cm³/mol. The first kappa shape index (κ1) is 64.4. The lowest BCUT2D eigenvalue weighted by Crippen LogP contribution is -2.59. The van der Waals surface area contributed by atoms with Gasteiger partial charge in [-0.3, -0.25) is 19.6 Å². The zero-order valence-electron chi connectivity index (χ0n) is 57.0. The Labute approximate surface area is 573 Å². The molecule has 0 saturated heterocycles. The van der Waals surface area contributed by atoms with Crippen LogP contribution in [0.3, 0.4) is 0 Å². The second-order valence-corrected chi connectivity index (χ2v) is 29.3. The molecule has 8 nitrogen and oxygen atoms in total. The lowest BCUT2D eigenvalue weighted by Gasteiger charge is -2.39. The van der Waals surface area contributed by atoms with Gasteiger partial charge in [-0.2, -0.15) is 0 Å². The molecular weight excluding hydrogens is 1200 g/mol. The number of rotatable bonds is 12. The van der Waals surface area contributed by atoms with Crippen LogP contribution in [0, 0.1) is 0 Å². The Morgan fingerprint density at radius 1 is 0.365 bits per heavy atom. The van der Waals surface area contributed by atoms with E-state index in [1.54, 1.807) is 0 Å². The summed E-state index contributed by atoms with van der Waals surface area (Å²) in [5.41, 5.74) is 16.9. The average Bonchev–Trinajstić information content (AvgIpc) is 0.712. The van der Waals surface area contributed by atoms with E-state index >= 15 is 0 Å². The van der Waals surface area contributed by atoms with E-state index in [1.165, 1.54) is 27.7 Å². The number of halogens is 1. The molecule has 0 unspecified atom stereocenters. The summed E-state index contributed by atoms with van der Waals surface area (Å²) < 4.78 is 12.7. The van der Waals surface area contributed by atoms with Gasteiger partial charge in [0.2, 0.25) is 0 Å². The molecule has 0 saturated carbocycles. The number of hydrogen-bond acceptors (Lipinski definition) is 8. The Balaban J connectivity index is 0.000000174. The van der Waals surface area contributed by atoms with E-state index in [1.807, 2.05) is 84.9 Å². The molecule has 0 radical (unpaired) electrons. The summed E-state index contributed by atoms with van der Waals surface area (Å²) in [4.78, 5) is 19.8. The molecule has 14 rings (SSSR count). The number of hydrogen-bond donors (Lipinski definition) is 0. The molecule has 0 spiro atoms. The average molecular weight is 1280 g/mol. The summed E-state index contributed by atoms with van der Waals surface area (Å²) in [6, 6.07) is 97.1. The first-order valence-electron chi connectivity index (χ1n) is 33.2. The number of aromatic nitrogens is 2. The third kappa shape index (κ3) is 13.3. The molecule has 10 heteroatoms. The van der Waals surface area contributed by atoms with Gasteiger partial charge in [0.05, 0.1) is 5.69 Å². The van der Waals surface area contributed by atoms with E-state index in [0.29, 0.717) is 16.5 Å². The van der Waals surface area contributed by atoms with Gasteiger partial charge in [0.15, 0.2) is 0 Å². The first-order valence-corrected chi connectivity index (χ1v) is 33.6. The summed E-state index contributed by atoms with van der Waals surface area (Å²) in [5.74, 6) is 6.37. The molecule has 12 aromatic rings. The van der Waals surface area contributed by atoms with Crippen molar-refractivity contribution in [3.8, 4) is 23.0 Å². The van der Waals surface area contributed by atoms with Crippen molar-refractivity contribution >= 4 is 103 Å². The largest absolute Gasteiger partial charge is 0.458 e. The van der Waals surface area contributed by atoms with Crippen LogP contribution < -0.4 is 45.5 Å². The van der Waals surface area contributed by atoms with Gasteiger partial charge in [-0.15, -0.1) is 0 Å². The van der Waals surface area contributed by atoms with Crippen molar-refractivity contribution in [3.63, 3.8) is 0 Å². The lowest BCUT2D eigenvalue weighted by atomic mass is 9.34. The second kappa shape index (κ2) is 26.1. The fraction of sp³-hybridized carbons (Fsp3) is 0.186. The maximum atomic E-state index is 7.15. The minimum absolute atomic E-state index is 0.00301. The van der Waals surface area contributed by atoms with Crippen LogP contribution in [0.15, 0.2) is 279 Å². The highest BCUT2D eigenvalue weighted by atomic mass is 35.5. The van der Waals surface area contributed by atoms with Gasteiger partial charge in [0, 0.05) is 39.8 Å². The molecule has 0 N–H and O–H groups in total. The molecule has 2 aliphatic heterocycles. The van der Waals surface area contributed by atoms with Crippen molar-refractivity contribution in [3.05, 3.63) is 306 Å². The van der Waals surface area contributed by atoms with Gasteiger partial charge in [0.1, 0.15) is 51.3 Å². The van der Waals surface area contributed by atoms with E-state index in [0.717, 1.165) is 91.2 Å². The number of pyridine rings is 2. The minimum Gasteiger partial charge on any atom is -0.458 e. The first-order chi connectivity index (χ1) is 46.1. The molecule has 0 aliphatic carbocycles. The van der Waals surface area contributed by atoms with Crippen LogP contribution in [0.4, 0.5) is 68.8 Å². The van der Waals surface area contributed by atoms with E-state index in [9.17, 15) is 0 Å². The molecule has 0 amide bonds. The van der Waals surface area contributed by atoms with E-state index in [2.05, 4.69) is 297 Å².